The number of hydrazone groups is 1. The van der Waals surface area contributed by atoms with Crippen LogP contribution in [0.3, 0.4) is 0 Å². The molecule has 0 saturated heterocycles. The van der Waals surface area contributed by atoms with Crippen molar-refractivity contribution >= 4 is 45.1 Å². The summed E-state index contributed by atoms with van der Waals surface area (Å²) in [6, 6.07) is 11.9. The fourth-order valence-electron chi connectivity index (χ4n) is 2.10. The average molecular weight is 361 g/mol. The number of hydrogen-bond donors (Lipinski definition) is 2. The molecule has 0 atom stereocenters. The van der Waals surface area contributed by atoms with E-state index in [4.69, 9.17) is 16.3 Å². The molecule has 0 bridgehead atoms. The van der Waals surface area contributed by atoms with Gasteiger partial charge in [-0.3, -0.25) is 4.79 Å². The number of amides is 1. The topological polar surface area (TPSA) is 70.9 Å². The number of halogens is 1. The zero-order chi connectivity index (χ0) is 17.1. The van der Waals surface area contributed by atoms with Gasteiger partial charge in [-0.05, 0) is 48.0 Å². The second-order valence-electron chi connectivity index (χ2n) is 4.90. The third kappa shape index (κ3) is 3.34. The number of nitrogens with one attached hydrogen (secondary N) is 1. The normalized spacial score (nSPS) is 11.1. The van der Waals surface area contributed by atoms with E-state index in [1.165, 1.54) is 17.6 Å². The number of benzene rings is 2. The molecule has 3 rings (SSSR count). The Balaban J connectivity index is 1.78. The highest BCUT2D eigenvalue weighted by Crippen LogP contribution is 2.37. The van der Waals surface area contributed by atoms with Crippen LogP contribution in [-0.2, 0) is 0 Å². The monoisotopic (exact) mass is 360 g/mol. The van der Waals surface area contributed by atoms with Gasteiger partial charge in [0.25, 0.3) is 5.91 Å². The molecule has 1 aromatic heterocycles. The SMILES string of the molecule is COc1ccc2c(Cl)c(C(=O)N/N=C\c3ccc(O)cc3)sc2c1. The number of nitrogens with zero attached hydrogens (tertiary/aromatic N) is 1. The molecule has 2 aromatic carbocycles. The molecule has 3 aromatic rings. The maximum Gasteiger partial charge on any atom is 0.283 e. The summed E-state index contributed by atoms with van der Waals surface area (Å²) in [4.78, 5) is 12.7. The highest BCUT2D eigenvalue weighted by atomic mass is 35.5. The standard InChI is InChI=1S/C17H13ClN2O3S/c1-23-12-6-7-13-14(8-12)24-16(15(13)18)17(22)20-19-9-10-2-4-11(21)5-3-10/h2-9,21H,1H3,(H,20,22)/b19-9-. The Hall–Kier alpha value is -2.57. The number of rotatable bonds is 4. The first-order chi connectivity index (χ1) is 11.6. The Morgan fingerprint density at radius 3 is 2.75 bits per heavy atom. The molecule has 1 heterocycles. The number of phenolic OH excluding ortho intramolecular Hbond substituents is 1. The number of hydrogen-bond acceptors (Lipinski definition) is 5. The van der Waals surface area contributed by atoms with Crippen LogP contribution in [0.4, 0.5) is 0 Å². The van der Waals surface area contributed by atoms with E-state index in [0.29, 0.717) is 15.6 Å². The van der Waals surface area contributed by atoms with Gasteiger partial charge in [0.2, 0.25) is 0 Å². The van der Waals surface area contributed by atoms with E-state index < -0.39 is 0 Å². The van der Waals surface area contributed by atoms with Crippen LogP contribution >= 0.6 is 22.9 Å². The van der Waals surface area contributed by atoms with Crippen LogP contribution in [-0.4, -0.2) is 24.3 Å². The van der Waals surface area contributed by atoms with Crippen LogP contribution < -0.4 is 10.2 Å². The maximum absolute atomic E-state index is 12.3. The number of carbonyl (C=O) groups excluding carboxylic acids is 1. The molecule has 0 aliphatic carbocycles. The molecular formula is C17H13ClN2O3S. The van der Waals surface area contributed by atoms with Crippen LogP contribution in [0.15, 0.2) is 47.6 Å². The third-order valence-electron chi connectivity index (χ3n) is 3.32. The number of carbonyl (C=O) groups is 1. The summed E-state index contributed by atoms with van der Waals surface area (Å²) in [7, 11) is 1.59. The van der Waals surface area contributed by atoms with Crippen molar-refractivity contribution in [2.45, 2.75) is 0 Å². The van der Waals surface area contributed by atoms with Gasteiger partial charge in [-0.1, -0.05) is 11.6 Å². The van der Waals surface area contributed by atoms with E-state index in [0.717, 1.165) is 15.6 Å². The molecule has 7 heteroatoms. The highest BCUT2D eigenvalue weighted by Gasteiger charge is 2.17. The zero-order valence-electron chi connectivity index (χ0n) is 12.6. The summed E-state index contributed by atoms with van der Waals surface area (Å²) < 4.78 is 6.04. The molecule has 24 heavy (non-hydrogen) atoms. The van der Waals surface area contributed by atoms with Gasteiger partial charge < -0.3 is 9.84 Å². The van der Waals surface area contributed by atoms with Crippen molar-refractivity contribution in [1.82, 2.24) is 5.43 Å². The second-order valence-corrected chi connectivity index (χ2v) is 6.33. The minimum absolute atomic E-state index is 0.170. The average Bonchev–Trinajstić information content (AvgIpc) is 2.93. The number of phenols is 1. The highest BCUT2D eigenvalue weighted by molar-refractivity contribution is 7.21. The van der Waals surface area contributed by atoms with E-state index >= 15 is 0 Å². The minimum Gasteiger partial charge on any atom is -0.508 e. The van der Waals surface area contributed by atoms with Crippen molar-refractivity contribution in [3.63, 3.8) is 0 Å². The van der Waals surface area contributed by atoms with Crippen LogP contribution in [0, 0.1) is 0 Å². The first kappa shape index (κ1) is 16.3. The van der Waals surface area contributed by atoms with Crippen LogP contribution in [0.1, 0.15) is 15.2 Å². The first-order valence-corrected chi connectivity index (χ1v) is 8.16. The molecule has 5 nitrogen and oxygen atoms in total. The molecule has 2 N–H and O–H groups in total. The summed E-state index contributed by atoms with van der Waals surface area (Å²) >= 11 is 7.57. The molecule has 0 unspecified atom stereocenters. The van der Waals surface area contributed by atoms with Gasteiger partial charge in [-0.2, -0.15) is 5.10 Å². The van der Waals surface area contributed by atoms with E-state index in [-0.39, 0.29) is 11.7 Å². The number of fused-ring (bicyclic) bond motifs is 1. The van der Waals surface area contributed by atoms with Gasteiger partial charge in [-0.25, -0.2) is 5.43 Å². The van der Waals surface area contributed by atoms with E-state index in [2.05, 4.69) is 10.5 Å². The fraction of sp³-hybridized carbons (Fsp3) is 0.0588. The largest absolute Gasteiger partial charge is 0.508 e. The molecule has 1 amide bonds. The Kier molecular flexibility index (Phi) is 4.69. The molecule has 122 valence electrons. The summed E-state index contributed by atoms with van der Waals surface area (Å²) in [5, 5.41) is 14.3. The smallest absolute Gasteiger partial charge is 0.283 e. The lowest BCUT2D eigenvalue weighted by molar-refractivity contribution is 0.0959. The van der Waals surface area contributed by atoms with Gasteiger partial charge >= 0.3 is 0 Å². The predicted octanol–water partition coefficient (Wildman–Crippen LogP) is 4.03. The Morgan fingerprint density at radius 1 is 1.29 bits per heavy atom. The maximum atomic E-state index is 12.3. The van der Waals surface area contributed by atoms with Gasteiger partial charge in [0.15, 0.2) is 0 Å². The zero-order valence-corrected chi connectivity index (χ0v) is 14.2. The van der Waals surface area contributed by atoms with E-state index in [1.54, 1.807) is 37.4 Å². The summed E-state index contributed by atoms with van der Waals surface area (Å²) in [6.07, 6.45) is 1.49. The van der Waals surface area contributed by atoms with Gasteiger partial charge in [0, 0.05) is 10.1 Å². The minimum atomic E-state index is -0.379. The Labute approximate surface area is 147 Å². The van der Waals surface area contributed by atoms with Crippen molar-refractivity contribution in [3.05, 3.63) is 57.9 Å². The predicted molar refractivity (Wildman–Crippen MR) is 96.6 cm³/mol. The second kappa shape index (κ2) is 6.90. The fourth-order valence-corrected chi connectivity index (χ4v) is 3.53. The van der Waals surface area contributed by atoms with Crippen molar-refractivity contribution < 1.29 is 14.6 Å². The number of thiophene rings is 1. The number of ether oxygens (including phenoxy) is 1. The third-order valence-corrected chi connectivity index (χ3v) is 4.97. The summed E-state index contributed by atoms with van der Waals surface area (Å²) in [5.74, 6) is 0.497. The molecule has 0 aliphatic heterocycles. The first-order valence-electron chi connectivity index (χ1n) is 6.97. The van der Waals surface area contributed by atoms with E-state index in [9.17, 15) is 9.90 Å². The van der Waals surface area contributed by atoms with Crippen molar-refractivity contribution in [3.8, 4) is 11.5 Å². The van der Waals surface area contributed by atoms with Gasteiger partial charge in [0.1, 0.15) is 16.4 Å². The quantitative estimate of drug-likeness (QED) is 0.545. The van der Waals surface area contributed by atoms with E-state index in [1.807, 2.05) is 12.1 Å². The van der Waals surface area contributed by atoms with Gasteiger partial charge in [0.05, 0.1) is 18.3 Å². The van der Waals surface area contributed by atoms with Gasteiger partial charge in [-0.15, -0.1) is 11.3 Å². The lowest BCUT2D eigenvalue weighted by atomic mass is 10.2. The summed E-state index contributed by atoms with van der Waals surface area (Å²) in [6.45, 7) is 0. The Morgan fingerprint density at radius 2 is 2.04 bits per heavy atom. The van der Waals surface area contributed by atoms with Crippen molar-refractivity contribution in [1.29, 1.82) is 0 Å². The summed E-state index contributed by atoms with van der Waals surface area (Å²) in [5.41, 5.74) is 3.21. The van der Waals surface area contributed by atoms with Crippen LogP contribution in [0.5, 0.6) is 11.5 Å². The molecule has 0 spiro atoms. The molecular weight excluding hydrogens is 348 g/mol. The van der Waals surface area contributed by atoms with Crippen LogP contribution in [0.25, 0.3) is 10.1 Å². The molecule has 0 fully saturated rings. The van der Waals surface area contributed by atoms with Crippen molar-refractivity contribution in [2.24, 2.45) is 5.10 Å². The lowest BCUT2D eigenvalue weighted by Crippen LogP contribution is -2.16. The Bertz CT molecular complexity index is 919. The molecule has 0 saturated carbocycles. The number of aromatic hydroxyl groups is 1. The van der Waals surface area contributed by atoms with Crippen molar-refractivity contribution in [2.75, 3.05) is 7.11 Å². The number of methoxy groups -OCH3 is 1. The molecule has 0 aliphatic rings. The van der Waals surface area contributed by atoms with Crippen LogP contribution in [0.2, 0.25) is 5.02 Å². The lowest BCUT2D eigenvalue weighted by Gasteiger charge is -1.98. The molecule has 0 radical (unpaired) electrons.